The maximum Gasteiger partial charge on any atom is 0.327 e. The van der Waals surface area contributed by atoms with Crippen molar-refractivity contribution in [1.29, 1.82) is 0 Å². The van der Waals surface area contributed by atoms with E-state index in [0.717, 1.165) is 23.3 Å². The van der Waals surface area contributed by atoms with E-state index >= 15 is 0 Å². The Hall–Kier alpha value is -3.01. The average Bonchev–Trinajstić information content (AvgIpc) is 2.98. The summed E-state index contributed by atoms with van der Waals surface area (Å²) >= 11 is 1.53. The molecule has 0 spiro atoms. The molecular weight excluding hydrogens is 394 g/mol. The summed E-state index contributed by atoms with van der Waals surface area (Å²) in [5, 5.41) is 8.92. The fraction of sp³-hybridized carbons (Fsp3) is 0.368. The zero-order valence-electron chi connectivity index (χ0n) is 16.1. The van der Waals surface area contributed by atoms with Gasteiger partial charge >= 0.3 is 17.7 Å². The number of imidazole rings is 1. The number of fused-ring (bicyclic) bond motifs is 1. The lowest BCUT2D eigenvalue weighted by Gasteiger charge is -2.07. The molecule has 0 fully saturated rings. The highest BCUT2D eigenvalue weighted by molar-refractivity contribution is 7.99. The number of hydrogen-bond acceptors (Lipinski definition) is 7. The molecule has 0 radical (unpaired) electrons. The number of nitrogen functional groups attached to an aromatic ring is 1. The van der Waals surface area contributed by atoms with Crippen LogP contribution in [0.15, 0.2) is 34.0 Å². The van der Waals surface area contributed by atoms with Crippen LogP contribution in [-0.4, -0.2) is 43.0 Å². The van der Waals surface area contributed by atoms with Crippen molar-refractivity contribution in [3.63, 3.8) is 0 Å². The average molecular weight is 417 g/mol. The van der Waals surface area contributed by atoms with E-state index in [0.29, 0.717) is 30.1 Å². The van der Waals surface area contributed by atoms with E-state index in [1.54, 1.807) is 6.07 Å². The number of hydrogen-bond donors (Lipinski definition) is 3. The summed E-state index contributed by atoms with van der Waals surface area (Å²) in [5.41, 5.74) is 7.18. The van der Waals surface area contributed by atoms with Gasteiger partial charge in [0.05, 0.1) is 13.0 Å². The number of thioether (sulfide) groups is 1. The van der Waals surface area contributed by atoms with Crippen molar-refractivity contribution in [3.05, 3.63) is 40.3 Å². The topological polar surface area (TPSA) is 136 Å². The summed E-state index contributed by atoms with van der Waals surface area (Å²) in [5.74, 6) is -0.0997. The zero-order valence-corrected chi connectivity index (χ0v) is 16.9. The Bertz CT molecular complexity index is 1060. The summed E-state index contributed by atoms with van der Waals surface area (Å²) in [4.78, 5) is 35.3. The Morgan fingerprint density at radius 1 is 1.38 bits per heavy atom. The number of aliphatic carboxylic acids is 1. The third-order valence-electron chi connectivity index (χ3n) is 4.20. The normalized spacial score (nSPS) is 11.1. The van der Waals surface area contributed by atoms with Crippen LogP contribution < -0.4 is 16.2 Å². The molecule has 0 amide bonds. The highest BCUT2D eigenvalue weighted by atomic mass is 32.2. The van der Waals surface area contributed by atoms with Crippen molar-refractivity contribution in [3.8, 4) is 6.01 Å². The smallest absolute Gasteiger partial charge is 0.327 e. The SMILES string of the molecule is CCCCOc1nc(N)c2[nH]c(=O)n(CCSc3cccc(CC(=O)O)c3)c2n1. The molecule has 0 saturated heterocycles. The molecule has 0 aliphatic heterocycles. The summed E-state index contributed by atoms with van der Waals surface area (Å²) in [7, 11) is 0. The molecule has 3 rings (SSSR count). The van der Waals surface area contributed by atoms with E-state index in [1.165, 1.54) is 16.3 Å². The first-order valence-corrected chi connectivity index (χ1v) is 10.3. The summed E-state index contributed by atoms with van der Waals surface area (Å²) in [6, 6.07) is 7.52. The molecule has 0 bridgehead atoms. The molecule has 4 N–H and O–H groups in total. The van der Waals surface area contributed by atoms with Crippen LogP contribution in [0.5, 0.6) is 6.01 Å². The second kappa shape index (κ2) is 9.46. The molecule has 1 aromatic carbocycles. The molecule has 3 aromatic rings. The maximum atomic E-state index is 12.3. The van der Waals surface area contributed by atoms with Gasteiger partial charge in [0.25, 0.3) is 0 Å². The van der Waals surface area contributed by atoms with Crippen LogP contribution in [0.25, 0.3) is 11.2 Å². The number of carboxylic acid groups (broad SMARTS) is 1. The highest BCUT2D eigenvalue weighted by Crippen LogP contribution is 2.22. The molecule has 2 heterocycles. The van der Waals surface area contributed by atoms with Gasteiger partial charge in [-0.1, -0.05) is 25.5 Å². The number of nitrogens with two attached hydrogens (primary N) is 1. The van der Waals surface area contributed by atoms with Gasteiger partial charge in [0, 0.05) is 17.2 Å². The Labute approximate surface area is 171 Å². The van der Waals surface area contributed by atoms with Gasteiger partial charge in [0.1, 0.15) is 5.52 Å². The Morgan fingerprint density at radius 3 is 2.97 bits per heavy atom. The van der Waals surface area contributed by atoms with Gasteiger partial charge in [-0.3, -0.25) is 9.36 Å². The lowest BCUT2D eigenvalue weighted by molar-refractivity contribution is -0.136. The fourth-order valence-corrected chi connectivity index (χ4v) is 3.70. The molecule has 10 heteroatoms. The molecule has 0 aliphatic rings. The monoisotopic (exact) mass is 417 g/mol. The lowest BCUT2D eigenvalue weighted by atomic mass is 10.2. The first-order valence-electron chi connectivity index (χ1n) is 9.30. The second-order valence-corrected chi connectivity index (χ2v) is 7.61. The van der Waals surface area contributed by atoms with E-state index in [4.69, 9.17) is 15.6 Å². The van der Waals surface area contributed by atoms with Crippen LogP contribution in [0.2, 0.25) is 0 Å². The summed E-state index contributed by atoms with van der Waals surface area (Å²) in [6.07, 6.45) is 1.84. The number of rotatable bonds is 10. The van der Waals surface area contributed by atoms with Crippen molar-refractivity contribution in [2.75, 3.05) is 18.1 Å². The van der Waals surface area contributed by atoms with Gasteiger partial charge < -0.3 is 20.6 Å². The molecule has 0 saturated carbocycles. The second-order valence-electron chi connectivity index (χ2n) is 6.44. The van der Waals surface area contributed by atoms with Gasteiger partial charge in [0.15, 0.2) is 11.5 Å². The van der Waals surface area contributed by atoms with Crippen molar-refractivity contribution < 1.29 is 14.6 Å². The number of carboxylic acids is 1. The van der Waals surface area contributed by atoms with Crippen LogP contribution >= 0.6 is 11.8 Å². The van der Waals surface area contributed by atoms with Gasteiger partial charge in [-0.25, -0.2) is 4.79 Å². The first-order chi connectivity index (χ1) is 14.0. The predicted molar refractivity (Wildman–Crippen MR) is 111 cm³/mol. The largest absolute Gasteiger partial charge is 0.481 e. The van der Waals surface area contributed by atoms with Crippen molar-refractivity contribution in [2.24, 2.45) is 0 Å². The predicted octanol–water partition coefficient (Wildman–Crippen LogP) is 2.30. The summed E-state index contributed by atoms with van der Waals surface area (Å²) in [6.45, 7) is 2.94. The number of nitrogens with one attached hydrogen (secondary N) is 1. The van der Waals surface area contributed by atoms with Gasteiger partial charge in [-0.2, -0.15) is 9.97 Å². The van der Waals surface area contributed by atoms with E-state index < -0.39 is 5.97 Å². The lowest BCUT2D eigenvalue weighted by Crippen LogP contribution is -2.18. The van der Waals surface area contributed by atoms with Gasteiger partial charge in [0.2, 0.25) is 0 Å². The number of nitrogens with zero attached hydrogens (tertiary/aromatic N) is 3. The van der Waals surface area contributed by atoms with Crippen LogP contribution in [0.3, 0.4) is 0 Å². The van der Waals surface area contributed by atoms with Crippen molar-refractivity contribution in [1.82, 2.24) is 19.5 Å². The number of unbranched alkanes of at least 4 members (excludes halogenated alkanes) is 1. The molecule has 9 nitrogen and oxygen atoms in total. The molecular formula is C19H23N5O4S. The molecule has 0 aliphatic carbocycles. The van der Waals surface area contributed by atoms with Gasteiger partial charge in [-0.15, -0.1) is 11.8 Å². The maximum absolute atomic E-state index is 12.3. The van der Waals surface area contributed by atoms with E-state index in [9.17, 15) is 9.59 Å². The highest BCUT2D eigenvalue weighted by Gasteiger charge is 2.14. The minimum atomic E-state index is -0.869. The van der Waals surface area contributed by atoms with E-state index in [1.807, 2.05) is 18.2 Å². The quantitative estimate of drug-likeness (QED) is 0.338. The van der Waals surface area contributed by atoms with E-state index in [-0.39, 0.29) is 23.9 Å². The molecule has 154 valence electrons. The third kappa shape index (κ3) is 5.29. The number of aromatic nitrogens is 4. The molecule has 2 aromatic heterocycles. The number of aromatic amines is 1. The Morgan fingerprint density at radius 2 is 2.21 bits per heavy atom. The third-order valence-corrected chi connectivity index (χ3v) is 5.17. The molecule has 29 heavy (non-hydrogen) atoms. The number of H-pyrrole nitrogens is 1. The number of ether oxygens (including phenoxy) is 1. The van der Waals surface area contributed by atoms with Crippen molar-refractivity contribution in [2.45, 2.75) is 37.6 Å². The standard InChI is InChI=1S/C19H23N5O4S/c1-2-3-8-28-18-22-16(20)15-17(23-18)24(19(27)21-15)7-9-29-13-6-4-5-12(10-13)11-14(25)26/h4-6,10H,2-3,7-9,11H2,1H3,(H,21,27)(H,25,26)(H2,20,22,23). The zero-order chi connectivity index (χ0) is 20.8. The van der Waals surface area contributed by atoms with Crippen molar-refractivity contribution >= 4 is 34.7 Å². The summed E-state index contributed by atoms with van der Waals surface area (Å²) < 4.78 is 7.04. The number of benzene rings is 1. The van der Waals surface area contributed by atoms with Gasteiger partial charge in [-0.05, 0) is 24.1 Å². The first kappa shape index (κ1) is 20.7. The fourth-order valence-electron chi connectivity index (χ4n) is 2.79. The van der Waals surface area contributed by atoms with Crippen LogP contribution in [0.1, 0.15) is 25.3 Å². The van der Waals surface area contributed by atoms with Crippen LogP contribution in [-0.2, 0) is 17.8 Å². The number of carbonyl (C=O) groups is 1. The Kier molecular flexibility index (Phi) is 6.76. The number of anilines is 1. The minimum Gasteiger partial charge on any atom is -0.481 e. The van der Waals surface area contributed by atoms with E-state index in [2.05, 4.69) is 21.9 Å². The molecule has 0 unspecified atom stereocenters. The minimum absolute atomic E-state index is 0.0205. The Balaban J connectivity index is 1.73. The molecule has 0 atom stereocenters. The van der Waals surface area contributed by atoms with Crippen LogP contribution in [0, 0.1) is 0 Å². The van der Waals surface area contributed by atoms with Crippen LogP contribution in [0.4, 0.5) is 5.82 Å². The number of aryl methyl sites for hydroxylation is 1.